The largest absolute Gasteiger partial charge is 0.345 e. The zero-order valence-corrected chi connectivity index (χ0v) is 9.25. The van der Waals surface area contributed by atoms with Crippen LogP contribution in [0.25, 0.3) is 0 Å². The highest BCUT2D eigenvalue weighted by molar-refractivity contribution is 6.39. The second-order valence-electron chi connectivity index (χ2n) is 3.71. The van der Waals surface area contributed by atoms with Gasteiger partial charge in [0.25, 0.3) is 0 Å². The van der Waals surface area contributed by atoms with E-state index in [0.29, 0.717) is 10.7 Å². The zero-order chi connectivity index (χ0) is 11.5. The van der Waals surface area contributed by atoms with Gasteiger partial charge >= 0.3 is 11.8 Å². The SMILES string of the molecule is O=C(Nc1ccc(Cl)cc1)C(=O)NC1CC1. The molecule has 16 heavy (non-hydrogen) atoms. The van der Waals surface area contributed by atoms with Gasteiger partial charge in [0.2, 0.25) is 0 Å². The normalized spacial score (nSPS) is 14.3. The molecule has 4 nitrogen and oxygen atoms in total. The van der Waals surface area contributed by atoms with E-state index in [1.807, 2.05) is 0 Å². The van der Waals surface area contributed by atoms with Crippen molar-refractivity contribution in [2.24, 2.45) is 0 Å². The summed E-state index contributed by atoms with van der Waals surface area (Å²) >= 11 is 5.70. The molecule has 2 rings (SSSR count). The number of anilines is 1. The molecule has 0 radical (unpaired) electrons. The maximum atomic E-state index is 11.4. The van der Waals surface area contributed by atoms with E-state index in [4.69, 9.17) is 11.6 Å². The number of rotatable bonds is 2. The Balaban J connectivity index is 1.90. The van der Waals surface area contributed by atoms with Crippen LogP contribution in [0.1, 0.15) is 12.8 Å². The van der Waals surface area contributed by atoms with Crippen LogP contribution in [0.3, 0.4) is 0 Å². The summed E-state index contributed by atoms with van der Waals surface area (Å²) in [4.78, 5) is 22.7. The Morgan fingerprint density at radius 3 is 2.31 bits per heavy atom. The molecular weight excluding hydrogens is 228 g/mol. The van der Waals surface area contributed by atoms with E-state index < -0.39 is 11.8 Å². The first-order chi connectivity index (χ1) is 7.65. The molecule has 1 fully saturated rings. The minimum atomic E-state index is -0.644. The van der Waals surface area contributed by atoms with Gasteiger partial charge in [-0.2, -0.15) is 0 Å². The molecule has 1 aliphatic carbocycles. The van der Waals surface area contributed by atoms with Gasteiger partial charge in [0.1, 0.15) is 0 Å². The number of halogens is 1. The molecule has 1 aromatic rings. The predicted molar refractivity (Wildman–Crippen MR) is 61.2 cm³/mol. The lowest BCUT2D eigenvalue weighted by Crippen LogP contribution is -2.36. The molecule has 1 aliphatic rings. The monoisotopic (exact) mass is 238 g/mol. The van der Waals surface area contributed by atoms with E-state index in [-0.39, 0.29) is 6.04 Å². The van der Waals surface area contributed by atoms with Gasteiger partial charge in [-0.15, -0.1) is 0 Å². The Bertz CT molecular complexity index is 412. The Hall–Kier alpha value is -1.55. The third kappa shape index (κ3) is 2.97. The summed E-state index contributed by atoms with van der Waals surface area (Å²) in [6.07, 6.45) is 1.92. The van der Waals surface area contributed by atoms with Gasteiger partial charge in [-0.3, -0.25) is 9.59 Å². The average molecular weight is 239 g/mol. The molecule has 0 heterocycles. The summed E-state index contributed by atoms with van der Waals surface area (Å²) in [7, 11) is 0. The van der Waals surface area contributed by atoms with Gasteiger partial charge in [0.15, 0.2) is 0 Å². The maximum Gasteiger partial charge on any atom is 0.313 e. The molecule has 1 aromatic carbocycles. The first-order valence-electron chi connectivity index (χ1n) is 5.02. The van der Waals surface area contributed by atoms with Crippen LogP contribution in [-0.4, -0.2) is 17.9 Å². The maximum absolute atomic E-state index is 11.4. The molecule has 84 valence electrons. The van der Waals surface area contributed by atoms with Crippen LogP contribution < -0.4 is 10.6 Å². The Labute approximate surface area is 98.0 Å². The lowest BCUT2D eigenvalue weighted by Gasteiger charge is -2.05. The van der Waals surface area contributed by atoms with Crippen LogP contribution in [0.4, 0.5) is 5.69 Å². The summed E-state index contributed by atoms with van der Waals surface area (Å²) < 4.78 is 0. The summed E-state index contributed by atoms with van der Waals surface area (Å²) in [5.74, 6) is -1.23. The molecule has 0 aromatic heterocycles. The number of hydrogen-bond donors (Lipinski definition) is 2. The van der Waals surface area contributed by atoms with Crippen molar-refractivity contribution in [2.75, 3.05) is 5.32 Å². The first-order valence-corrected chi connectivity index (χ1v) is 5.40. The van der Waals surface area contributed by atoms with E-state index in [1.54, 1.807) is 24.3 Å². The third-order valence-corrected chi connectivity index (χ3v) is 2.47. The highest BCUT2D eigenvalue weighted by atomic mass is 35.5. The fraction of sp³-hybridized carbons (Fsp3) is 0.273. The van der Waals surface area contributed by atoms with E-state index in [1.165, 1.54) is 0 Å². The van der Waals surface area contributed by atoms with Gasteiger partial charge in [0.05, 0.1) is 0 Å². The van der Waals surface area contributed by atoms with E-state index in [0.717, 1.165) is 12.8 Å². The molecule has 5 heteroatoms. The van der Waals surface area contributed by atoms with Crippen molar-refractivity contribution in [2.45, 2.75) is 18.9 Å². The standard InChI is InChI=1S/C11H11ClN2O2/c12-7-1-3-8(4-2-7)13-10(15)11(16)14-9-5-6-9/h1-4,9H,5-6H2,(H,13,15)(H,14,16). The van der Waals surface area contributed by atoms with Gasteiger partial charge in [0, 0.05) is 16.8 Å². The van der Waals surface area contributed by atoms with Crippen molar-refractivity contribution >= 4 is 29.1 Å². The van der Waals surface area contributed by atoms with Crippen molar-refractivity contribution in [1.29, 1.82) is 0 Å². The molecule has 0 bridgehead atoms. The molecule has 0 spiro atoms. The van der Waals surface area contributed by atoms with Crippen molar-refractivity contribution in [3.63, 3.8) is 0 Å². The van der Waals surface area contributed by atoms with Gasteiger partial charge < -0.3 is 10.6 Å². The van der Waals surface area contributed by atoms with Crippen LogP contribution in [0.5, 0.6) is 0 Å². The number of carbonyl (C=O) groups excluding carboxylic acids is 2. The molecule has 2 N–H and O–H groups in total. The smallest absolute Gasteiger partial charge is 0.313 e. The highest BCUT2D eigenvalue weighted by Gasteiger charge is 2.26. The topological polar surface area (TPSA) is 58.2 Å². The number of benzene rings is 1. The predicted octanol–water partition coefficient (Wildman–Crippen LogP) is 1.56. The van der Waals surface area contributed by atoms with Gasteiger partial charge in [-0.25, -0.2) is 0 Å². The Kier molecular flexibility index (Phi) is 3.10. The summed E-state index contributed by atoms with van der Waals surface area (Å²) in [5, 5.41) is 5.68. The molecule has 0 saturated heterocycles. The van der Waals surface area contributed by atoms with Crippen molar-refractivity contribution < 1.29 is 9.59 Å². The quantitative estimate of drug-likeness (QED) is 0.769. The lowest BCUT2D eigenvalue weighted by molar-refractivity contribution is -0.136. The zero-order valence-electron chi connectivity index (χ0n) is 8.50. The number of amides is 2. The minimum Gasteiger partial charge on any atom is -0.345 e. The third-order valence-electron chi connectivity index (χ3n) is 2.22. The van der Waals surface area contributed by atoms with Crippen molar-refractivity contribution in [3.05, 3.63) is 29.3 Å². The molecular formula is C11H11ClN2O2. The van der Waals surface area contributed by atoms with Crippen LogP contribution in [0.15, 0.2) is 24.3 Å². The van der Waals surface area contributed by atoms with Crippen molar-refractivity contribution in [1.82, 2.24) is 5.32 Å². The molecule has 0 aliphatic heterocycles. The highest BCUT2D eigenvalue weighted by Crippen LogP contribution is 2.18. The van der Waals surface area contributed by atoms with E-state index in [2.05, 4.69) is 10.6 Å². The minimum absolute atomic E-state index is 0.184. The number of hydrogen-bond acceptors (Lipinski definition) is 2. The van der Waals surface area contributed by atoms with E-state index >= 15 is 0 Å². The molecule has 1 saturated carbocycles. The summed E-state index contributed by atoms with van der Waals surface area (Å²) in [5.41, 5.74) is 0.556. The lowest BCUT2D eigenvalue weighted by atomic mass is 10.3. The second kappa shape index (κ2) is 4.53. The van der Waals surface area contributed by atoms with Crippen molar-refractivity contribution in [3.8, 4) is 0 Å². The fourth-order valence-electron chi connectivity index (χ4n) is 1.20. The molecule has 0 atom stereocenters. The number of nitrogens with one attached hydrogen (secondary N) is 2. The van der Waals surface area contributed by atoms with Gasteiger partial charge in [-0.05, 0) is 37.1 Å². The molecule has 2 amide bonds. The second-order valence-corrected chi connectivity index (χ2v) is 4.15. The summed E-state index contributed by atoms with van der Waals surface area (Å²) in [6, 6.07) is 6.77. The summed E-state index contributed by atoms with van der Waals surface area (Å²) in [6.45, 7) is 0. The first kappa shape index (κ1) is 11.0. The van der Waals surface area contributed by atoms with Crippen LogP contribution in [0, 0.1) is 0 Å². The van der Waals surface area contributed by atoms with Crippen LogP contribution >= 0.6 is 11.6 Å². The number of carbonyl (C=O) groups is 2. The van der Waals surface area contributed by atoms with Crippen LogP contribution in [0.2, 0.25) is 5.02 Å². The van der Waals surface area contributed by atoms with Gasteiger partial charge in [-0.1, -0.05) is 11.6 Å². The fourth-order valence-corrected chi connectivity index (χ4v) is 1.33. The Morgan fingerprint density at radius 2 is 1.75 bits per heavy atom. The van der Waals surface area contributed by atoms with E-state index in [9.17, 15) is 9.59 Å². The average Bonchev–Trinajstić information content (AvgIpc) is 3.05. The van der Waals surface area contributed by atoms with Crippen LogP contribution in [-0.2, 0) is 9.59 Å². The molecule has 0 unspecified atom stereocenters. The Morgan fingerprint density at radius 1 is 1.12 bits per heavy atom.